The van der Waals surface area contributed by atoms with Crippen LogP contribution in [0.25, 0.3) is 5.69 Å². The Hall–Kier alpha value is -2.75. The van der Waals surface area contributed by atoms with Crippen LogP contribution in [0.2, 0.25) is 0 Å². The van der Waals surface area contributed by atoms with Gasteiger partial charge in [-0.3, -0.25) is 4.79 Å². The van der Waals surface area contributed by atoms with Gasteiger partial charge in [-0.2, -0.15) is 5.10 Å². The molecular formula is C19H15FN2O. The van der Waals surface area contributed by atoms with E-state index in [2.05, 4.69) is 17.2 Å². The molecule has 0 unspecified atom stereocenters. The second-order valence-corrected chi connectivity index (χ2v) is 5.83. The number of halogens is 1. The van der Waals surface area contributed by atoms with E-state index >= 15 is 0 Å². The van der Waals surface area contributed by atoms with Crippen molar-refractivity contribution in [3.63, 3.8) is 0 Å². The number of Topliss-reactive ketones (excluding diaryl/α,β-unsaturated/α-hetero) is 1. The Bertz CT molecular complexity index is 853. The molecule has 114 valence electrons. The molecule has 0 fully saturated rings. The van der Waals surface area contributed by atoms with Crippen LogP contribution in [-0.2, 0) is 6.42 Å². The van der Waals surface area contributed by atoms with Gasteiger partial charge in [-0.15, -0.1) is 0 Å². The van der Waals surface area contributed by atoms with Gasteiger partial charge in [0.05, 0.1) is 23.1 Å². The van der Waals surface area contributed by atoms with Gasteiger partial charge in [-0.25, -0.2) is 9.07 Å². The maximum atomic E-state index is 13.1. The van der Waals surface area contributed by atoms with Crippen molar-refractivity contribution >= 4 is 5.78 Å². The van der Waals surface area contributed by atoms with Gasteiger partial charge in [0.1, 0.15) is 5.82 Å². The number of carbonyl (C=O) groups excluding carboxylic acids is 1. The fourth-order valence-electron chi connectivity index (χ4n) is 3.21. The Kier molecular flexibility index (Phi) is 3.30. The van der Waals surface area contributed by atoms with E-state index in [1.165, 1.54) is 17.7 Å². The van der Waals surface area contributed by atoms with E-state index in [0.717, 1.165) is 17.8 Å². The summed E-state index contributed by atoms with van der Waals surface area (Å²) in [6.45, 7) is 0. The Morgan fingerprint density at radius 2 is 1.74 bits per heavy atom. The van der Waals surface area contributed by atoms with Crippen LogP contribution in [0.5, 0.6) is 0 Å². The third-order valence-electron chi connectivity index (χ3n) is 4.38. The molecule has 0 saturated heterocycles. The highest BCUT2D eigenvalue weighted by molar-refractivity contribution is 5.98. The molecule has 1 aliphatic rings. The molecule has 0 spiro atoms. The molecule has 1 atom stereocenters. The van der Waals surface area contributed by atoms with Crippen molar-refractivity contribution in [3.8, 4) is 5.69 Å². The minimum atomic E-state index is -0.284. The molecule has 0 bridgehead atoms. The number of aromatic nitrogens is 2. The Morgan fingerprint density at radius 1 is 1.00 bits per heavy atom. The first-order valence-electron chi connectivity index (χ1n) is 7.63. The second-order valence-electron chi connectivity index (χ2n) is 5.83. The average Bonchev–Trinajstić information content (AvgIpc) is 3.01. The van der Waals surface area contributed by atoms with Crippen LogP contribution < -0.4 is 0 Å². The number of ketones is 1. The predicted molar refractivity (Wildman–Crippen MR) is 85.4 cm³/mol. The molecule has 0 N–H and O–H groups in total. The highest BCUT2D eigenvalue weighted by atomic mass is 19.1. The van der Waals surface area contributed by atoms with Crippen molar-refractivity contribution in [2.75, 3.05) is 0 Å². The van der Waals surface area contributed by atoms with Crippen LogP contribution >= 0.6 is 0 Å². The molecule has 1 aliphatic carbocycles. The summed E-state index contributed by atoms with van der Waals surface area (Å²) in [5.41, 5.74) is 3.52. The summed E-state index contributed by atoms with van der Waals surface area (Å²) in [6, 6.07) is 16.2. The normalized spacial score (nSPS) is 17.1. The Morgan fingerprint density at radius 3 is 2.48 bits per heavy atom. The van der Waals surface area contributed by atoms with Gasteiger partial charge in [0, 0.05) is 6.42 Å². The lowest BCUT2D eigenvalue weighted by Gasteiger charge is -2.22. The summed E-state index contributed by atoms with van der Waals surface area (Å²) in [5, 5.41) is 4.35. The maximum absolute atomic E-state index is 13.1. The van der Waals surface area contributed by atoms with Crippen molar-refractivity contribution in [1.82, 2.24) is 9.78 Å². The van der Waals surface area contributed by atoms with Gasteiger partial charge >= 0.3 is 0 Å². The Labute approximate surface area is 133 Å². The molecule has 0 aliphatic heterocycles. The van der Waals surface area contributed by atoms with Gasteiger partial charge < -0.3 is 0 Å². The predicted octanol–water partition coefficient (Wildman–Crippen LogP) is 3.92. The fraction of sp³-hybridized carbons (Fsp3) is 0.158. The zero-order chi connectivity index (χ0) is 15.8. The Balaban J connectivity index is 1.75. The largest absolute Gasteiger partial charge is 0.294 e. The van der Waals surface area contributed by atoms with Gasteiger partial charge in [-0.05, 0) is 42.2 Å². The van der Waals surface area contributed by atoms with Crippen LogP contribution in [0.15, 0.2) is 60.8 Å². The van der Waals surface area contributed by atoms with Crippen LogP contribution in [0.1, 0.15) is 34.0 Å². The summed E-state index contributed by atoms with van der Waals surface area (Å²) in [4.78, 5) is 12.5. The summed E-state index contributed by atoms with van der Waals surface area (Å²) in [7, 11) is 0. The summed E-state index contributed by atoms with van der Waals surface area (Å²) < 4.78 is 14.9. The van der Waals surface area contributed by atoms with Crippen molar-refractivity contribution in [2.24, 2.45) is 0 Å². The van der Waals surface area contributed by atoms with E-state index in [1.54, 1.807) is 23.0 Å². The van der Waals surface area contributed by atoms with Gasteiger partial charge in [0.2, 0.25) is 0 Å². The third kappa shape index (κ3) is 2.46. The minimum Gasteiger partial charge on any atom is -0.294 e. The van der Waals surface area contributed by atoms with Crippen LogP contribution in [0, 0.1) is 5.82 Å². The summed E-state index contributed by atoms with van der Waals surface area (Å²) >= 11 is 0. The quantitative estimate of drug-likeness (QED) is 0.719. The van der Waals surface area contributed by atoms with E-state index < -0.39 is 0 Å². The number of carbonyl (C=O) groups is 1. The minimum absolute atomic E-state index is 0.119. The zero-order valence-electron chi connectivity index (χ0n) is 12.4. The van der Waals surface area contributed by atoms with Crippen molar-refractivity contribution < 1.29 is 9.18 Å². The first kappa shape index (κ1) is 13.9. The molecule has 1 heterocycles. The zero-order valence-corrected chi connectivity index (χ0v) is 12.4. The molecule has 4 heteroatoms. The number of hydrogen-bond donors (Lipinski definition) is 0. The van der Waals surface area contributed by atoms with Crippen LogP contribution in [0.3, 0.4) is 0 Å². The molecular weight excluding hydrogens is 291 g/mol. The average molecular weight is 306 g/mol. The number of nitrogens with zero attached hydrogens (tertiary/aromatic N) is 2. The topological polar surface area (TPSA) is 34.9 Å². The van der Waals surface area contributed by atoms with Gasteiger partial charge in [-0.1, -0.05) is 30.3 Å². The maximum Gasteiger partial charge on any atom is 0.166 e. The highest BCUT2D eigenvalue weighted by Crippen LogP contribution is 2.33. The third-order valence-corrected chi connectivity index (χ3v) is 4.38. The van der Waals surface area contributed by atoms with E-state index in [1.807, 2.05) is 18.2 Å². The molecule has 4 rings (SSSR count). The first-order chi connectivity index (χ1) is 11.2. The van der Waals surface area contributed by atoms with Gasteiger partial charge in [0.15, 0.2) is 5.78 Å². The monoisotopic (exact) mass is 306 g/mol. The SMILES string of the molecule is O=C1C[C@@H](c2ccccc2)Cc2c1cnn2-c1ccc(F)cc1. The molecule has 3 nitrogen and oxygen atoms in total. The number of hydrogen-bond acceptors (Lipinski definition) is 2. The lowest BCUT2D eigenvalue weighted by atomic mass is 9.82. The molecule has 2 aromatic carbocycles. The van der Waals surface area contributed by atoms with E-state index in [9.17, 15) is 9.18 Å². The lowest BCUT2D eigenvalue weighted by molar-refractivity contribution is 0.0963. The van der Waals surface area contributed by atoms with E-state index in [4.69, 9.17) is 0 Å². The van der Waals surface area contributed by atoms with Crippen molar-refractivity contribution in [2.45, 2.75) is 18.8 Å². The molecule has 3 aromatic rings. The highest BCUT2D eigenvalue weighted by Gasteiger charge is 2.29. The molecule has 23 heavy (non-hydrogen) atoms. The standard InChI is InChI=1S/C19H15FN2O/c20-15-6-8-16(9-7-15)22-18-10-14(13-4-2-1-3-5-13)11-19(23)17(18)12-21-22/h1-9,12,14H,10-11H2/t14-/m0/s1. The van der Waals surface area contributed by atoms with Gasteiger partial charge in [0.25, 0.3) is 0 Å². The fourth-order valence-corrected chi connectivity index (χ4v) is 3.21. The number of fused-ring (bicyclic) bond motifs is 1. The molecule has 0 saturated carbocycles. The summed E-state index contributed by atoms with van der Waals surface area (Å²) in [5.74, 6) is -0.00595. The molecule has 0 amide bonds. The van der Waals surface area contributed by atoms with Crippen LogP contribution in [0.4, 0.5) is 4.39 Å². The first-order valence-corrected chi connectivity index (χ1v) is 7.63. The second kappa shape index (κ2) is 5.47. The smallest absolute Gasteiger partial charge is 0.166 e. The van der Waals surface area contributed by atoms with Crippen molar-refractivity contribution in [1.29, 1.82) is 0 Å². The lowest BCUT2D eigenvalue weighted by Crippen LogP contribution is -2.20. The molecule has 0 radical (unpaired) electrons. The number of benzene rings is 2. The summed E-state index contributed by atoms with van der Waals surface area (Å²) in [6.07, 6.45) is 2.89. The molecule has 1 aromatic heterocycles. The van der Waals surface area contributed by atoms with E-state index in [-0.39, 0.29) is 17.5 Å². The van der Waals surface area contributed by atoms with Crippen LogP contribution in [-0.4, -0.2) is 15.6 Å². The van der Waals surface area contributed by atoms with E-state index in [0.29, 0.717) is 12.0 Å². The number of rotatable bonds is 2. The van der Waals surface area contributed by atoms with Crippen molar-refractivity contribution in [3.05, 3.63) is 83.4 Å².